The van der Waals surface area contributed by atoms with E-state index in [0.29, 0.717) is 0 Å². The summed E-state index contributed by atoms with van der Waals surface area (Å²) in [6.07, 6.45) is 0. The SMILES string of the molecule is CC(N)c1nn(C)c2cc(F)ccc12. The van der Waals surface area contributed by atoms with Crippen LogP contribution in [0.4, 0.5) is 4.39 Å². The van der Waals surface area contributed by atoms with Crippen molar-refractivity contribution in [1.82, 2.24) is 9.78 Å². The van der Waals surface area contributed by atoms with Crippen molar-refractivity contribution in [3.8, 4) is 0 Å². The highest BCUT2D eigenvalue weighted by Crippen LogP contribution is 2.22. The zero-order chi connectivity index (χ0) is 10.3. The summed E-state index contributed by atoms with van der Waals surface area (Å²) in [5.41, 5.74) is 7.34. The third-order valence-electron chi connectivity index (χ3n) is 2.27. The van der Waals surface area contributed by atoms with Crippen LogP contribution in [0.1, 0.15) is 18.7 Å². The fraction of sp³-hybridized carbons (Fsp3) is 0.300. The van der Waals surface area contributed by atoms with Gasteiger partial charge < -0.3 is 5.73 Å². The lowest BCUT2D eigenvalue weighted by molar-refractivity contribution is 0.628. The van der Waals surface area contributed by atoms with Crippen molar-refractivity contribution < 1.29 is 4.39 Å². The van der Waals surface area contributed by atoms with E-state index in [0.717, 1.165) is 16.6 Å². The molecule has 0 fully saturated rings. The number of halogens is 1. The minimum atomic E-state index is -0.253. The molecule has 0 amide bonds. The van der Waals surface area contributed by atoms with Crippen molar-refractivity contribution in [3.05, 3.63) is 29.7 Å². The van der Waals surface area contributed by atoms with Crippen LogP contribution >= 0.6 is 0 Å². The molecule has 3 nitrogen and oxygen atoms in total. The Morgan fingerprint density at radius 1 is 1.50 bits per heavy atom. The van der Waals surface area contributed by atoms with Crippen LogP contribution in [0.2, 0.25) is 0 Å². The predicted molar refractivity (Wildman–Crippen MR) is 53.3 cm³/mol. The van der Waals surface area contributed by atoms with Gasteiger partial charge in [0.05, 0.1) is 11.2 Å². The van der Waals surface area contributed by atoms with Crippen LogP contribution in [0.3, 0.4) is 0 Å². The molecule has 0 aliphatic heterocycles. The predicted octanol–water partition coefficient (Wildman–Crippen LogP) is 1.73. The maximum absolute atomic E-state index is 13.0. The first-order valence-corrected chi connectivity index (χ1v) is 4.47. The summed E-state index contributed by atoms with van der Waals surface area (Å²) in [6, 6.07) is 4.48. The molecule has 1 atom stereocenters. The lowest BCUT2D eigenvalue weighted by Crippen LogP contribution is -2.06. The van der Waals surface area contributed by atoms with Crippen molar-refractivity contribution in [1.29, 1.82) is 0 Å². The fourth-order valence-corrected chi connectivity index (χ4v) is 1.59. The summed E-state index contributed by atoms with van der Waals surface area (Å²) in [6.45, 7) is 1.87. The number of fused-ring (bicyclic) bond motifs is 1. The maximum Gasteiger partial charge on any atom is 0.125 e. The van der Waals surface area contributed by atoms with Gasteiger partial charge in [0.15, 0.2) is 0 Å². The van der Waals surface area contributed by atoms with E-state index in [-0.39, 0.29) is 11.9 Å². The zero-order valence-corrected chi connectivity index (χ0v) is 8.16. The van der Waals surface area contributed by atoms with E-state index < -0.39 is 0 Å². The van der Waals surface area contributed by atoms with Gasteiger partial charge in [0.25, 0.3) is 0 Å². The Balaban J connectivity index is 2.77. The summed E-state index contributed by atoms with van der Waals surface area (Å²) in [5, 5.41) is 5.18. The molecule has 4 heteroatoms. The Labute approximate surface area is 81.3 Å². The molecule has 0 radical (unpaired) electrons. The summed E-state index contributed by atoms with van der Waals surface area (Å²) in [7, 11) is 1.79. The van der Waals surface area contributed by atoms with Crippen molar-refractivity contribution in [3.63, 3.8) is 0 Å². The number of rotatable bonds is 1. The number of aryl methyl sites for hydroxylation is 1. The molecule has 14 heavy (non-hydrogen) atoms. The van der Waals surface area contributed by atoms with Gasteiger partial charge in [0.2, 0.25) is 0 Å². The number of hydrogen-bond donors (Lipinski definition) is 1. The van der Waals surface area contributed by atoms with Crippen molar-refractivity contribution in [2.45, 2.75) is 13.0 Å². The number of nitrogens with zero attached hydrogens (tertiary/aromatic N) is 2. The highest BCUT2D eigenvalue weighted by molar-refractivity contribution is 5.82. The zero-order valence-electron chi connectivity index (χ0n) is 8.16. The lowest BCUT2D eigenvalue weighted by atomic mass is 10.1. The second-order valence-electron chi connectivity index (χ2n) is 3.46. The van der Waals surface area contributed by atoms with Crippen LogP contribution < -0.4 is 5.73 Å². The van der Waals surface area contributed by atoms with E-state index in [9.17, 15) is 4.39 Å². The quantitative estimate of drug-likeness (QED) is 0.749. The van der Waals surface area contributed by atoms with Crippen LogP contribution in [0.5, 0.6) is 0 Å². The van der Waals surface area contributed by atoms with E-state index in [1.807, 2.05) is 6.92 Å². The van der Waals surface area contributed by atoms with Gasteiger partial charge in [-0.05, 0) is 25.1 Å². The molecule has 2 rings (SSSR count). The van der Waals surface area contributed by atoms with E-state index in [4.69, 9.17) is 5.73 Å². The van der Waals surface area contributed by atoms with Crippen molar-refractivity contribution in [2.75, 3.05) is 0 Å². The first-order chi connectivity index (χ1) is 6.59. The summed E-state index contributed by atoms with van der Waals surface area (Å²) in [4.78, 5) is 0. The summed E-state index contributed by atoms with van der Waals surface area (Å²) in [5.74, 6) is -0.253. The Morgan fingerprint density at radius 2 is 2.21 bits per heavy atom. The Morgan fingerprint density at radius 3 is 2.86 bits per heavy atom. The van der Waals surface area contributed by atoms with Gasteiger partial charge in [-0.15, -0.1) is 0 Å². The smallest absolute Gasteiger partial charge is 0.125 e. The van der Waals surface area contributed by atoms with Gasteiger partial charge in [-0.2, -0.15) is 5.10 Å². The molecular formula is C10H12FN3. The van der Waals surface area contributed by atoms with Gasteiger partial charge in [-0.1, -0.05) is 0 Å². The molecule has 0 saturated carbocycles. The molecule has 1 aromatic carbocycles. The third-order valence-corrected chi connectivity index (χ3v) is 2.27. The molecule has 2 aromatic rings. The van der Waals surface area contributed by atoms with Gasteiger partial charge in [-0.25, -0.2) is 4.39 Å². The number of aromatic nitrogens is 2. The van der Waals surface area contributed by atoms with E-state index >= 15 is 0 Å². The molecule has 1 heterocycles. The van der Waals surface area contributed by atoms with Crippen LogP contribution in [0.25, 0.3) is 10.9 Å². The molecule has 0 spiro atoms. The molecule has 0 bridgehead atoms. The highest BCUT2D eigenvalue weighted by atomic mass is 19.1. The van der Waals surface area contributed by atoms with Crippen LogP contribution in [0.15, 0.2) is 18.2 Å². The van der Waals surface area contributed by atoms with E-state index in [2.05, 4.69) is 5.10 Å². The third kappa shape index (κ3) is 1.28. The van der Waals surface area contributed by atoms with Crippen LogP contribution in [0, 0.1) is 5.82 Å². The van der Waals surface area contributed by atoms with Gasteiger partial charge in [0, 0.05) is 18.5 Å². The van der Waals surface area contributed by atoms with E-state index in [1.54, 1.807) is 17.8 Å². The van der Waals surface area contributed by atoms with Gasteiger partial charge in [0.1, 0.15) is 5.82 Å². The minimum absolute atomic E-state index is 0.135. The highest BCUT2D eigenvalue weighted by Gasteiger charge is 2.11. The maximum atomic E-state index is 13.0. The van der Waals surface area contributed by atoms with Gasteiger partial charge >= 0.3 is 0 Å². The topological polar surface area (TPSA) is 43.8 Å². The molecule has 2 N–H and O–H groups in total. The van der Waals surface area contributed by atoms with Crippen LogP contribution in [-0.4, -0.2) is 9.78 Å². The Hall–Kier alpha value is -1.42. The first-order valence-electron chi connectivity index (χ1n) is 4.47. The molecule has 1 aromatic heterocycles. The standard InChI is InChI=1S/C10H12FN3/c1-6(12)10-8-4-3-7(11)5-9(8)14(2)13-10/h3-6H,12H2,1-2H3. The minimum Gasteiger partial charge on any atom is -0.323 e. The average molecular weight is 193 g/mol. The molecule has 0 saturated heterocycles. The van der Waals surface area contributed by atoms with Crippen molar-refractivity contribution in [2.24, 2.45) is 12.8 Å². The average Bonchev–Trinajstić information content (AvgIpc) is 2.44. The molecule has 1 unspecified atom stereocenters. The second-order valence-corrected chi connectivity index (χ2v) is 3.46. The first kappa shape index (κ1) is 9.15. The lowest BCUT2D eigenvalue weighted by Gasteiger charge is -1.99. The second kappa shape index (κ2) is 3.06. The largest absolute Gasteiger partial charge is 0.323 e. The number of hydrogen-bond acceptors (Lipinski definition) is 2. The number of benzene rings is 1. The molecule has 0 aliphatic rings. The van der Waals surface area contributed by atoms with Crippen LogP contribution in [-0.2, 0) is 7.05 Å². The Bertz CT molecular complexity index is 473. The summed E-state index contributed by atoms with van der Waals surface area (Å²) >= 11 is 0. The fourth-order valence-electron chi connectivity index (χ4n) is 1.59. The van der Waals surface area contributed by atoms with Gasteiger partial charge in [-0.3, -0.25) is 4.68 Å². The number of nitrogens with two attached hydrogens (primary N) is 1. The monoisotopic (exact) mass is 193 g/mol. The normalized spacial score (nSPS) is 13.4. The molecular weight excluding hydrogens is 181 g/mol. The van der Waals surface area contributed by atoms with E-state index in [1.165, 1.54) is 12.1 Å². The Kier molecular flexibility index (Phi) is 2.00. The summed E-state index contributed by atoms with van der Waals surface area (Å²) < 4.78 is 14.6. The van der Waals surface area contributed by atoms with Crippen molar-refractivity contribution >= 4 is 10.9 Å². The molecule has 0 aliphatic carbocycles. The molecule has 74 valence electrons.